The molecule has 0 radical (unpaired) electrons. The first kappa shape index (κ1) is 17.1. The van der Waals surface area contributed by atoms with Gasteiger partial charge in [0.1, 0.15) is 11.5 Å². The Balaban J connectivity index is 2.25. The van der Waals surface area contributed by atoms with Crippen molar-refractivity contribution in [3.63, 3.8) is 0 Å². The number of nitrogens with one attached hydrogen (secondary N) is 1. The Morgan fingerprint density at radius 2 is 2.13 bits per heavy atom. The Morgan fingerprint density at radius 1 is 1.43 bits per heavy atom. The molecule has 0 unspecified atom stereocenters. The molecule has 1 atom stereocenters. The average Bonchev–Trinajstić information content (AvgIpc) is 2.94. The molecule has 1 N–H and O–H groups in total. The van der Waals surface area contributed by atoms with Crippen LogP contribution in [-0.2, 0) is 9.59 Å². The van der Waals surface area contributed by atoms with Crippen molar-refractivity contribution in [2.75, 3.05) is 32.2 Å². The Hall–Kier alpha value is -2.21. The van der Waals surface area contributed by atoms with Gasteiger partial charge in [0.2, 0.25) is 11.8 Å². The van der Waals surface area contributed by atoms with Gasteiger partial charge in [-0.05, 0) is 6.07 Å². The SMILES string of the molecule is C=CCNC(=O)[C@H]1CC(=O)N(c2cc(Cl)c(OC)cc2OC)C1. The predicted octanol–water partition coefficient (Wildman–Crippen LogP) is 2.01. The topological polar surface area (TPSA) is 67.9 Å². The van der Waals surface area contributed by atoms with Crippen LogP contribution >= 0.6 is 11.6 Å². The van der Waals surface area contributed by atoms with Gasteiger partial charge in [0, 0.05) is 25.6 Å². The zero-order valence-corrected chi connectivity index (χ0v) is 13.9. The molecule has 1 aromatic carbocycles. The number of carbonyl (C=O) groups is 2. The highest BCUT2D eigenvalue weighted by Gasteiger charge is 2.36. The van der Waals surface area contributed by atoms with E-state index in [0.717, 1.165) is 0 Å². The van der Waals surface area contributed by atoms with Crippen molar-refractivity contribution in [3.05, 3.63) is 29.8 Å². The van der Waals surface area contributed by atoms with Gasteiger partial charge in [-0.15, -0.1) is 6.58 Å². The molecule has 23 heavy (non-hydrogen) atoms. The maximum atomic E-state index is 12.3. The standard InChI is InChI=1S/C16H19ClN2O4/c1-4-5-18-16(21)10-6-15(20)19(9-10)12-7-11(17)13(22-2)8-14(12)23-3/h4,7-8,10H,1,5-6,9H2,2-3H3,(H,18,21)/t10-/m0/s1. The summed E-state index contributed by atoms with van der Waals surface area (Å²) < 4.78 is 10.5. The number of carbonyl (C=O) groups excluding carboxylic acids is 2. The summed E-state index contributed by atoms with van der Waals surface area (Å²) in [5, 5.41) is 3.08. The fourth-order valence-electron chi connectivity index (χ4n) is 2.49. The number of halogens is 1. The van der Waals surface area contributed by atoms with Crippen LogP contribution in [0.3, 0.4) is 0 Å². The first-order valence-electron chi connectivity index (χ1n) is 7.12. The second kappa shape index (κ2) is 7.37. The first-order valence-corrected chi connectivity index (χ1v) is 7.50. The summed E-state index contributed by atoms with van der Waals surface area (Å²) >= 11 is 6.14. The molecule has 1 aromatic rings. The van der Waals surface area contributed by atoms with E-state index < -0.39 is 5.92 Å². The minimum atomic E-state index is -0.409. The molecule has 0 spiro atoms. The number of hydrogen-bond donors (Lipinski definition) is 1. The van der Waals surface area contributed by atoms with E-state index in [-0.39, 0.29) is 24.8 Å². The van der Waals surface area contributed by atoms with Gasteiger partial charge in [0.05, 0.1) is 30.8 Å². The van der Waals surface area contributed by atoms with E-state index in [4.69, 9.17) is 21.1 Å². The van der Waals surface area contributed by atoms with E-state index in [1.807, 2.05) is 0 Å². The third-order valence-corrected chi connectivity index (χ3v) is 3.96. The zero-order chi connectivity index (χ0) is 17.0. The van der Waals surface area contributed by atoms with Crippen LogP contribution in [0.4, 0.5) is 5.69 Å². The van der Waals surface area contributed by atoms with Gasteiger partial charge in [-0.1, -0.05) is 17.7 Å². The van der Waals surface area contributed by atoms with Crippen LogP contribution in [0.5, 0.6) is 11.5 Å². The fraction of sp³-hybridized carbons (Fsp3) is 0.375. The van der Waals surface area contributed by atoms with E-state index in [0.29, 0.717) is 28.8 Å². The third-order valence-electron chi connectivity index (χ3n) is 3.66. The number of nitrogens with zero attached hydrogens (tertiary/aromatic N) is 1. The average molecular weight is 339 g/mol. The molecular weight excluding hydrogens is 320 g/mol. The molecule has 0 saturated carbocycles. The molecule has 1 aliphatic rings. The predicted molar refractivity (Wildman–Crippen MR) is 88.2 cm³/mol. The highest BCUT2D eigenvalue weighted by Crippen LogP contribution is 2.40. The highest BCUT2D eigenvalue weighted by atomic mass is 35.5. The second-order valence-electron chi connectivity index (χ2n) is 5.10. The van der Waals surface area contributed by atoms with Crippen LogP contribution in [0, 0.1) is 5.92 Å². The molecule has 6 nitrogen and oxygen atoms in total. The minimum Gasteiger partial charge on any atom is -0.495 e. The Morgan fingerprint density at radius 3 is 2.74 bits per heavy atom. The van der Waals surface area contributed by atoms with E-state index >= 15 is 0 Å². The number of benzene rings is 1. The molecule has 1 heterocycles. The smallest absolute Gasteiger partial charge is 0.227 e. The lowest BCUT2D eigenvalue weighted by Gasteiger charge is -2.20. The fourth-order valence-corrected chi connectivity index (χ4v) is 2.72. The summed E-state index contributed by atoms with van der Waals surface area (Å²) in [5.41, 5.74) is 0.530. The molecule has 1 aliphatic heterocycles. The maximum Gasteiger partial charge on any atom is 0.227 e. The zero-order valence-electron chi connectivity index (χ0n) is 13.1. The number of ether oxygens (including phenoxy) is 2. The molecule has 0 bridgehead atoms. The van der Waals surface area contributed by atoms with Crippen molar-refractivity contribution in [3.8, 4) is 11.5 Å². The molecule has 7 heteroatoms. The first-order chi connectivity index (χ1) is 11.0. The summed E-state index contributed by atoms with van der Waals surface area (Å²) in [5.74, 6) is 0.196. The molecule has 1 saturated heterocycles. The number of hydrogen-bond acceptors (Lipinski definition) is 4. The summed E-state index contributed by atoms with van der Waals surface area (Å²) in [6, 6.07) is 3.23. The van der Waals surface area contributed by atoms with Gasteiger partial charge in [-0.25, -0.2) is 0 Å². The van der Waals surface area contributed by atoms with Crippen molar-refractivity contribution >= 4 is 29.1 Å². The number of rotatable bonds is 6. The van der Waals surface area contributed by atoms with Crippen LogP contribution in [0.25, 0.3) is 0 Å². The Labute approximate surface area is 140 Å². The van der Waals surface area contributed by atoms with Gasteiger partial charge in [-0.3, -0.25) is 9.59 Å². The van der Waals surface area contributed by atoms with Crippen molar-refractivity contribution in [1.82, 2.24) is 5.32 Å². The Bertz CT molecular complexity index is 633. The quantitative estimate of drug-likeness (QED) is 0.806. The third kappa shape index (κ3) is 3.59. The monoisotopic (exact) mass is 338 g/mol. The summed E-state index contributed by atoms with van der Waals surface area (Å²) in [6.07, 6.45) is 1.74. The number of anilines is 1. The van der Waals surface area contributed by atoms with Gasteiger partial charge in [0.15, 0.2) is 0 Å². The molecule has 2 rings (SSSR count). The molecule has 124 valence electrons. The van der Waals surface area contributed by atoms with Gasteiger partial charge >= 0.3 is 0 Å². The highest BCUT2D eigenvalue weighted by molar-refractivity contribution is 6.32. The van der Waals surface area contributed by atoms with Crippen molar-refractivity contribution < 1.29 is 19.1 Å². The normalized spacial score (nSPS) is 17.1. The van der Waals surface area contributed by atoms with Gasteiger partial charge in [-0.2, -0.15) is 0 Å². The van der Waals surface area contributed by atoms with Crippen LogP contribution in [0.15, 0.2) is 24.8 Å². The van der Waals surface area contributed by atoms with Crippen LogP contribution in [-0.4, -0.2) is 39.1 Å². The summed E-state index contributed by atoms with van der Waals surface area (Å²) in [7, 11) is 3.00. The van der Waals surface area contributed by atoms with Crippen molar-refractivity contribution in [2.45, 2.75) is 6.42 Å². The molecule has 2 amide bonds. The summed E-state index contributed by atoms with van der Waals surface area (Å²) in [4.78, 5) is 25.8. The lowest BCUT2D eigenvalue weighted by molar-refractivity contribution is -0.126. The van der Waals surface area contributed by atoms with Crippen molar-refractivity contribution in [2.24, 2.45) is 5.92 Å². The minimum absolute atomic E-state index is 0.149. The second-order valence-corrected chi connectivity index (χ2v) is 5.51. The van der Waals surface area contributed by atoms with Gasteiger partial charge in [0.25, 0.3) is 0 Å². The van der Waals surface area contributed by atoms with Crippen LogP contribution < -0.4 is 19.7 Å². The molecule has 0 aromatic heterocycles. The number of methoxy groups -OCH3 is 2. The van der Waals surface area contributed by atoms with E-state index in [9.17, 15) is 9.59 Å². The largest absolute Gasteiger partial charge is 0.495 e. The van der Waals surface area contributed by atoms with E-state index in [1.54, 1.807) is 18.2 Å². The van der Waals surface area contributed by atoms with E-state index in [2.05, 4.69) is 11.9 Å². The Kier molecular flexibility index (Phi) is 5.50. The van der Waals surface area contributed by atoms with Crippen LogP contribution in [0.2, 0.25) is 5.02 Å². The van der Waals surface area contributed by atoms with Crippen molar-refractivity contribution in [1.29, 1.82) is 0 Å². The molecular formula is C16H19ClN2O4. The van der Waals surface area contributed by atoms with Crippen LogP contribution in [0.1, 0.15) is 6.42 Å². The van der Waals surface area contributed by atoms with E-state index in [1.165, 1.54) is 19.1 Å². The lowest BCUT2D eigenvalue weighted by Crippen LogP contribution is -2.33. The maximum absolute atomic E-state index is 12.3. The molecule has 0 aliphatic carbocycles. The molecule has 1 fully saturated rings. The van der Waals surface area contributed by atoms with Gasteiger partial charge < -0.3 is 19.7 Å². The summed E-state index contributed by atoms with van der Waals surface area (Å²) in [6.45, 7) is 4.21. The lowest BCUT2D eigenvalue weighted by atomic mass is 10.1. The number of amides is 2.